The van der Waals surface area contributed by atoms with E-state index in [-0.39, 0.29) is 5.78 Å². The van der Waals surface area contributed by atoms with E-state index in [0.29, 0.717) is 22.3 Å². The van der Waals surface area contributed by atoms with E-state index in [1.165, 1.54) is 19.3 Å². The molecule has 0 spiro atoms. The molecule has 1 aliphatic carbocycles. The first-order chi connectivity index (χ1) is 11.7. The van der Waals surface area contributed by atoms with Gasteiger partial charge in [-0.2, -0.15) is 0 Å². The lowest BCUT2D eigenvalue weighted by Crippen LogP contribution is -2.39. The van der Waals surface area contributed by atoms with Crippen LogP contribution in [0, 0.1) is 0 Å². The minimum atomic E-state index is -0.000772. The number of benzene rings is 2. The number of rotatable bonds is 4. The molecule has 0 aliphatic heterocycles. The first-order valence-electron chi connectivity index (χ1n) is 8.50. The van der Waals surface area contributed by atoms with Crippen LogP contribution in [0.3, 0.4) is 0 Å². The molecule has 24 heavy (non-hydrogen) atoms. The fraction of sp³-hybridized carbons (Fsp3) is 0.300. The highest BCUT2D eigenvalue weighted by Crippen LogP contribution is 2.20. The van der Waals surface area contributed by atoms with Crippen molar-refractivity contribution >= 4 is 28.8 Å². The van der Waals surface area contributed by atoms with Crippen molar-refractivity contribution in [2.75, 3.05) is 5.32 Å². The Labute approximate surface area is 148 Å². The van der Waals surface area contributed by atoms with Gasteiger partial charge in [0.15, 0.2) is 10.9 Å². The molecular weight excluding hydrogens is 316 g/mol. The number of thiocarbonyl (C=S) groups is 1. The summed E-state index contributed by atoms with van der Waals surface area (Å²) in [5.74, 6) is -0.000772. The summed E-state index contributed by atoms with van der Waals surface area (Å²) in [4.78, 5) is 12.7. The molecule has 1 aliphatic rings. The molecule has 3 rings (SSSR count). The topological polar surface area (TPSA) is 41.1 Å². The number of carbonyl (C=O) groups is 1. The summed E-state index contributed by atoms with van der Waals surface area (Å²) >= 11 is 5.45. The van der Waals surface area contributed by atoms with Gasteiger partial charge < -0.3 is 10.6 Å². The van der Waals surface area contributed by atoms with Crippen LogP contribution in [0.5, 0.6) is 0 Å². The number of para-hydroxylation sites is 1. The van der Waals surface area contributed by atoms with E-state index >= 15 is 0 Å². The Balaban J connectivity index is 1.72. The average molecular weight is 338 g/mol. The molecule has 4 heteroatoms. The monoisotopic (exact) mass is 338 g/mol. The van der Waals surface area contributed by atoms with Gasteiger partial charge in [-0.3, -0.25) is 4.79 Å². The van der Waals surface area contributed by atoms with Gasteiger partial charge in [-0.25, -0.2) is 0 Å². The lowest BCUT2D eigenvalue weighted by atomic mass is 9.96. The summed E-state index contributed by atoms with van der Waals surface area (Å²) in [6.07, 6.45) is 6.14. The third-order valence-corrected chi connectivity index (χ3v) is 4.62. The van der Waals surface area contributed by atoms with E-state index in [2.05, 4.69) is 10.6 Å². The molecule has 0 heterocycles. The van der Waals surface area contributed by atoms with E-state index in [1.807, 2.05) is 54.6 Å². The number of carbonyl (C=O) groups excluding carboxylic acids is 1. The molecular formula is C20H22N2OS. The van der Waals surface area contributed by atoms with Crippen molar-refractivity contribution in [2.45, 2.75) is 38.1 Å². The maximum absolute atomic E-state index is 12.7. The fourth-order valence-electron chi connectivity index (χ4n) is 3.13. The lowest BCUT2D eigenvalue weighted by molar-refractivity contribution is 0.103. The van der Waals surface area contributed by atoms with E-state index in [4.69, 9.17) is 12.2 Å². The van der Waals surface area contributed by atoms with Crippen molar-refractivity contribution in [2.24, 2.45) is 0 Å². The number of anilines is 1. The number of ketones is 1. The summed E-state index contributed by atoms with van der Waals surface area (Å²) in [6.45, 7) is 0. The number of nitrogens with one attached hydrogen (secondary N) is 2. The predicted molar refractivity (Wildman–Crippen MR) is 103 cm³/mol. The van der Waals surface area contributed by atoms with E-state index < -0.39 is 0 Å². The normalized spacial score (nSPS) is 14.8. The van der Waals surface area contributed by atoms with Gasteiger partial charge in [0, 0.05) is 17.2 Å². The van der Waals surface area contributed by atoms with Gasteiger partial charge in [-0.15, -0.1) is 0 Å². The van der Waals surface area contributed by atoms with Crippen LogP contribution >= 0.6 is 12.2 Å². The van der Waals surface area contributed by atoms with Crippen LogP contribution in [0.4, 0.5) is 5.69 Å². The molecule has 0 atom stereocenters. The van der Waals surface area contributed by atoms with Crippen LogP contribution < -0.4 is 10.6 Å². The Kier molecular flexibility index (Phi) is 5.59. The number of hydrogen-bond acceptors (Lipinski definition) is 2. The lowest BCUT2D eigenvalue weighted by Gasteiger charge is -2.24. The summed E-state index contributed by atoms with van der Waals surface area (Å²) in [7, 11) is 0. The molecule has 1 fully saturated rings. The Morgan fingerprint density at radius 1 is 0.917 bits per heavy atom. The second-order valence-electron chi connectivity index (χ2n) is 6.17. The van der Waals surface area contributed by atoms with Crippen LogP contribution in [0.2, 0.25) is 0 Å². The molecule has 2 aromatic rings. The third-order valence-electron chi connectivity index (χ3n) is 4.40. The Morgan fingerprint density at radius 3 is 2.33 bits per heavy atom. The summed E-state index contributed by atoms with van der Waals surface area (Å²) < 4.78 is 0. The van der Waals surface area contributed by atoms with Crippen molar-refractivity contribution in [3.63, 3.8) is 0 Å². The van der Waals surface area contributed by atoms with Gasteiger partial charge in [-0.05, 0) is 37.2 Å². The third kappa shape index (κ3) is 4.20. The van der Waals surface area contributed by atoms with Crippen molar-refractivity contribution in [3.05, 3.63) is 65.7 Å². The molecule has 0 unspecified atom stereocenters. The van der Waals surface area contributed by atoms with Crippen LogP contribution in [0.1, 0.15) is 48.0 Å². The van der Waals surface area contributed by atoms with Crippen LogP contribution in [-0.4, -0.2) is 16.9 Å². The minimum Gasteiger partial charge on any atom is -0.360 e. The Hall–Kier alpha value is -2.20. The minimum absolute atomic E-state index is 0.000772. The molecule has 0 saturated heterocycles. The highest BCUT2D eigenvalue weighted by molar-refractivity contribution is 7.80. The highest BCUT2D eigenvalue weighted by Gasteiger charge is 2.16. The summed E-state index contributed by atoms with van der Waals surface area (Å²) in [5.41, 5.74) is 2.06. The maximum Gasteiger partial charge on any atom is 0.195 e. The quantitative estimate of drug-likeness (QED) is 0.634. The average Bonchev–Trinajstić information content (AvgIpc) is 2.63. The summed E-state index contributed by atoms with van der Waals surface area (Å²) in [5, 5.41) is 7.18. The Bertz CT molecular complexity index is 709. The molecule has 3 nitrogen and oxygen atoms in total. The van der Waals surface area contributed by atoms with Crippen molar-refractivity contribution in [1.29, 1.82) is 0 Å². The van der Waals surface area contributed by atoms with Gasteiger partial charge in [0.25, 0.3) is 0 Å². The standard InChI is InChI=1S/C20H22N2OS/c23-19(15-9-3-1-4-10-15)17-13-7-8-14-18(17)22-20(24)21-16-11-5-2-6-12-16/h1,3-4,7-10,13-14,16H,2,5-6,11-12H2,(H2,21,22,24). The van der Waals surface area contributed by atoms with Crippen molar-refractivity contribution in [3.8, 4) is 0 Å². The van der Waals surface area contributed by atoms with Gasteiger partial charge >= 0.3 is 0 Å². The number of hydrogen-bond donors (Lipinski definition) is 2. The van der Waals surface area contributed by atoms with E-state index in [0.717, 1.165) is 18.5 Å². The Morgan fingerprint density at radius 2 is 1.58 bits per heavy atom. The maximum atomic E-state index is 12.7. The molecule has 0 aromatic heterocycles. The SMILES string of the molecule is O=C(c1ccccc1)c1ccccc1NC(=S)NC1CCCCC1. The first kappa shape index (κ1) is 16.7. The fourth-order valence-corrected chi connectivity index (χ4v) is 3.40. The predicted octanol–water partition coefficient (Wildman–Crippen LogP) is 4.54. The van der Waals surface area contributed by atoms with E-state index in [9.17, 15) is 4.79 Å². The second-order valence-corrected chi connectivity index (χ2v) is 6.58. The molecule has 1 saturated carbocycles. The molecule has 124 valence electrons. The van der Waals surface area contributed by atoms with Gasteiger partial charge in [0.05, 0.1) is 5.69 Å². The van der Waals surface area contributed by atoms with Crippen LogP contribution in [-0.2, 0) is 0 Å². The zero-order chi connectivity index (χ0) is 16.8. The largest absolute Gasteiger partial charge is 0.360 e. The van der Waals surface area contributed by atoms with Crippen molar-refractivity contribution in [1.82, 2.24) is 5.32 Å². The van der Waals surface area contributed by atoms with Crippen LogP contribution in [0.25, 0.3) is 0 Å². The van der Waals surface area contributed by atoms with Gasteiger partial charge in [-0.1, -0.05) is 61.7 Å². The summed E-state index contributed by atoms with van der Waals surface area (Å²) in [6, 6.07) is 17.3. The smallest absolute Gasteiger partial charge is 0.195 e. The molecule has 0 amide bonds. The van der Waals surface area contributed by atoms with Crippen LogP contribution in [0.15, 0.2) is 54.6 Å². The highest BCUT2D eigenvalue weighted by atomic mass is 32.1. The van der Waals surface area contributed by atoms with Crippen molar-refractivity contribution < 1.29 is 4.79 Å². The second kappa shape index (κ2) is 8.06. The van der Waals surface area contributed by atoms with Gasteiger partial charge in [0.1, 0.15) is 0 Å². The zero-order valence-electron chi connectivity index (χ0n) is 13.6. The van der Waals surface area contributed by atoms with E-state index in [1.54, 1.807) is 0 Å². The zero-order valence-corrected chi connectivity index (χ0v) is 14.4. The molecule has 0 bridgehead atoms. The first-order valence-corrected chi connectivity index (χ1v) is 8.91. The molecule has 2 N–H and O–H groups in total. The molecule has 2 aromatic carbocycles. The molecule has 0 radical (unpaired) electrons. The van der Waals surface area contributed by atoms with Gasteiger partial charge in [0.2, 0.25) is 0 Å².